The van der Waals surface area contributed by atoms with Gasteiger partial charge in [-0.25, -0.2) is 0 Å². The molecule has 2 heteroatoms. The van der Waals surface area contributed by atoms with Gasteiger partial charge >= 0.3 is 0 Å². The summed E-state index contributed by atoms with van der Waals surface area (Å²) in [5, 5.41) is 4.95. The molecule has 0 amide bonds. The van der Waals surface area contributed by atoms with Crippen molar-refractivity contribution in [2.24, 2.45) is 0 Å². The van der Waals surface area contributed by atoms with Crippen LogP contribution in [0, 0.1) is 0 Å². The molecule has 0 saturated heterocycles. The molecule has 0 N–H and O–H groups in total. The first-order valence-corrected chi connectivity index (χ1v) is 21.2. The van der Waals surface area contributed by atoms with Gasteiger partial charge in [-0.3, -0.25) is 0 Å². The zero-order valence-electron chi connectivity index (χ0n) is 34.3. The minimum absolute atomic E-state index is 0.267. The van der Waals surface area contributed by atoms with Crippen molar-refractivity contribution in [2.75, 3.05) is 9.80 Å². The van der Waals surface area contributed by atoms with Gasteiger partial charge in [0.1, 0.15) is 0 Å². The van der Waals surface area contributed by atoms with Crippen LogP contribution in [0.15, 0.2) is 231 Å². The Morgan fingerprint density at radius 3 is 1.54 bits per heavy atom. The van der Waals surface area contributed by atoms with Gasteiger partial charge in [-0.05, 0) is 104 Å². The minimum atomic E-state index is -0.267. The Bertz CT molecular complexity index is 3160. The highest BCUT2D eigenvalue weighted by atomic mass is 15.2. The highest BCUT2D eigenvalue weighted by Gasteiger charge is 2.40. The van der Waals surface area contributed by atoms with E-state index in [9.17, 15) is 0 Å². The number of hydrogen-bond acceptors (Lipinski definition) is 2. The van der Waals surface area contributed by atoms with Crippen LogP contribution < -0.4 is 9.80 Å². The van der Waals surface area contributed by atoms with Crippen LogP contribution in [0.2, 0.25) is 0 Å². The van der Waals surface area contributed by atoms with Gasteiger partial charge in [0.25, 0.3) is 0 Å². The predicted octanol–water partition coefficient (Wildman–Crippen LogP) is 16.6. The van der Waals surface area contributed by atoms with E-state index in [4.69, 9.17) is 0 Å². The molecule has 0 aliphatic carbocycles. The topological polar surface area (TPSA) is 6.48 Å². The van der Waals surface area contributed by atoms with Crippen molar-refractivity contribution >= 4 is 55.7 Å². The summed E-state index contributed by atoms with van der Waals surface area (Å²) in [6.07, 6.45) is 0. The summed E-state index contributed by atoms with van der Waals surface area (Å²) in [6, 6.07) is 84.0. The van der Waals surface area contributed by atoms with E-state index in [2.05, 4.69) is 254 Å². The molecule has 0 saturated carbocycles. The third-order valence-corrected chi connectivity index (χ3v) is 12.6. The van der Waals surface area contributed by atoms with Gasteiger partial charge < -0.3 is 9.80 Å². The lowest BCUT2D eigenvalue weighted by Gasteiger charge is -2.44. The Morgan fingerprint density at radius 1 is 0.344 bits per heavy atom. The fourth-order valence-electron chi connectivity index (χ4n) is 9.75. The number of hydrogen-bond donors (Lipinski definition) is 0. The summed E-state index contributed by atoms with van der Waals surface area (Å²) in [4.78, 5) is 4.86. The molecule has 0 aromatic heterocycles. The average Bonchev–Trinajstić information content (AvgIpc) is 3.32. The van der Waals surface area contributed by atoms with Gasteiger partial charge in [0.05, 0.1) is 17.1 Å². The monoisotopic (exact) mass is 780 g/mol. The number of nitrogens with zero attached hydrogens (tertiary/aromatic N) is 2. The fraction of sp³-hybridized carbons (Fsp3) is 0.0508. The van der Waals surface area contributed by atoms with E-state index in [-0.39, 0.29) is 5.41 Å². The summed E-state index contributed by atoms with van der Waals surface area (Å²) in [5.41, 5.74) is 16.6. The largest absolute Gasteiger partial charge is 0.311 e. The molecule has 0 radical (unpaired) electrons. The molecule has 0 unspecified atom stereocenters. The summed E-state index contributed by atoms with van der Waals surface area (Å²) in [6.45, 7) is 4.79. The first-order valence-electron chi connectivity index (χ1n) is 21.2. The maximum absolute atomic E-state index is 2.56. The van der Waals surface area contributed by atoms with Gasteiger partial charge in [-0.1, -0.05) is 196 Å². The van der Waals surface area contributed by atoms with Crippen LogP contribution in [0.5, 0.6) is 0 Å². The third kappa shape index (κ3) is 6.19. The van der Waals surface area contributed by atoms with Crippen molar-refractivity contribution < 1.29 is 0 Å². The Kier molecular flexibility index (Phi) is 8.86. The van der Waals surface area contributed by atoms with E-state index in [0.717, 1.165) is 17.1 Å². The van der Waals surface area contributed by atoms with E-state index in [1.807, 2.05) is 0 Å². The van der Waals surface area contributed by atoms with Crippen molar-refractivity contribution in [3.8, 4) is 33.4 Å². The highest BCUT2D eigenvalue weighted by molar-refractivity contribution is 6.09. The van der Waals surface area contributed by atoms with E-state index in [1.54, 1.807) is 0 Å². The third-order valence-electron chi connectivity index (χ3n) is 12.6. The molecule has 290 valence electrons. The second kappa shape index (κ2) is 14.9. The first kappa shape index (κ1) is 36.4. The molecule has 10 aromatic rings. The van der Waals surface area contributed by atoms with Gasteiger partial charge in [-0.2, -0.15) is 0 Å². The molecule has 61 heavy (non-hydrogen) atoms. The van der Waals surface area contributed by atoms with Crippen molar-refractivity contribution in [2.45, 2.75) is 19.3 Å². The fourth-order valence-corrected chi connectivity index (χ4v) is 9.75. The number of anilines is 6. The maximum atomic E-state index is 2.56. The molecule has 0 bridgehead atoms. The lowest BCUT2D eigenvalue weighted by atomic mass is 9.70. The molecule has 0 atom stereocenters. The summed E-state index contributed by atoms with van der Waals surface area (Å²) in [7, 11) is 0. The van der Waals surface area contributed by atoms with Crippen molar-refractivity contribution in [3.05, 3.63) is 242 Å². The molecule has 0 spiro atoms. The van der Waals surface area contributed by atoms with Crippen LogP contribution >= 0.6 is 0 Å². The van der Waals surface area contributed by atoms with Crippen LogP contribution in [0.4, 0.5) is 34.1 Å². The smallest absolute Gasteiger partial charge is 0.0618 e. The Balaban J connectivity index is 1.04. The molecule has 1 aliphatic heterocycles. The lowest BCUT2D eigenvalue weighted by molar-refractivity contribution is 0.634. The quantitative estimate of drug-likeness (QED) is 0.159. The predicted molar refractivity (Wildman–Crippen MR) is 259 cm³/mol. The van der Waals surface area contributed by atoms with Gasteiger partial charge in [0, 0.05) is 33.4 Å². The van der Waals surface area contributed by atoms with E-state index >= 15 is 0 Å². The van der Waals surface area contributed by atoms with Crippen LogP contribution in [0.1, 0.15) is 25.0 Å². The van der Waals surface area contributed by atoms with Crippen molar-refractivity contribution in [1.29, 1.82) is 0 Å². The average molecular weight is 781 g/mol. The zero-order valence-corrected chi connectivity index (χ0v) is 34.3. The molecular weight excluding hydrogens is 737 g/mol. The second-order valence-corrected chi connectivity index (χ2v) is 16.5. The molecule has 1 aliphatic rings. The Morgan fingerprint density at radius 2 is 0.836 bits per heavy atom. The number of fused-ring (bicyclic) bond motifs is 4. The molecular formula is C59H44N2. The maximum Gasteiger partial charge on any atom is 0.0618 e. The highest BCUT2D eigenvalue weighted by Crippen LogP contribution is 2.57. The number of benzene rings is 10. The van der Waals surface area contributed by atoms with Crippen LogP contribution in [0.3, 0.4) is 0 Å². The van der Waals surface area contributed by atoms with Gasteiger partial charge in [0.2, 0.25) is 0 Å². The molecule has 10 aromatic carbocycles. The minimum Gasteiger partial charge on any atom is -0.311 e. The Hall–Kier alpha value is -7.68. The first-order chi connectivity index (χ1) is 30.0. The summed E-state index contributed by atoms with van der Waals surface area (Å²) >= 11 is 0. The van der Waals surface area contributed by atoms with Crippen molar-refractivity contribution in [3.63, 3.8) is 0 Å². The van der Waals surface area contributed by atoms with Gasteiger partial charge in [-0.15, -0.1) is 0 Å². The van der Waals surface area contributed by atoms with Crippen LogP contribution in [0.25, 0.3) is 54.9 Å². The van der Waals surface area contributed by atoms with Crippen molar-refractivity contribution in [1.82, 2.24) is 0 Å². The SMILES string of the molecule is CC1(C)c2ccccc2N(c2c(-c3ccc(-c4ccc(N(c5ccccc5)c5ccccc5)cc4)cc3)ccc3ccccc23)c2cccc(-c3cccc4ccccc34)c21. The number of rotatable bonds is 7. The van der Waals surface area contributed by atoms with E-state index in [0.29, 0.717) is 0 Å². The molecule has 2 nitrogen and oxygen atoms in total. The summed E-state index contributed by atoms with van der Waals surface area (Å²) < 4.78 is 0. The molecule has 1 heterocycles. The normalized spacial score (nSPS) is 12.9. The van der Waals surface area contributed by atoms with Crippen LogP contribution in [-0.4, -0.2) is 0 Å². The zero-order chi connectivity index (χ0) is 40.9. The second-order valence-electron chi connectivity index (χ2n) is 16.5. The molecule has 0 fully saturated rings. The van der Waals surface area contributed by atoms with E-state index < -0.39 is 0 Å². The Labute approximate surface area is 358 Å². The lowest BCUT2D eigenvalue weighted by Crippen LogP contribution is -2.31. The standard InChI is InChI=1S/C59H44N2/c1-59(2)54-28-13-14-29-55(54)61(56-30-16-27-53(57(56)59)52-26-15-19-43-17-9-11-24-49(43)52)58-50-25-12-10-18-44(50)37-40-51(58)45-33-31-41(32-34-45)42-35-38-48(39-36-42)60(46-20-5-3-6-21-46)47-22-7-4-8-23-47/h3-40H,1-2H3. The number of para-hydroxylation sites is 3. The molecule has 11 rings (SSSR count). The summed E-state index contributed by atoms with van der Waals surface area (Å²) in [5.74, 6) is 0. The van der Waals surface area contributed by atoms with Gasteiger partial charge in [0.15, 0.2) is 0 Å². The van der Waals surface area contributed by atoms with E-state index in [1.165, 1.54) is 83.1 Å². The van der Waals surface area contributed by atoms with Crippen LogP contribution in [-0.2, 0) is 5.41 Å².